The van der Waals surface area contributed by atoms with Crippen LogP contribution in [0.5, 0.6) is 0 Å². The summed E-state index contributed by atoms with van der Waals surface area (Å²) in [6, 6.07) is 3.12. The fourth-order valence-corrected chi connectivity index (χ4v) is 3.84. The molecule has 0 saturated heterocycles. The van der Waals surface area contributed by atoms with Gasteiger partial charge in [0, 0.05) is 31.4 Å². The summed E-state index contributed by atoms with van der Waals surface area (Å²) < 4.78 is 14.8. The van der Waals surface area contributed by atoms with Crippen molar-refractivity contribution in [2.24, 2.45) is 4.99 Å². The van der Waals surface area contributed by atoms with Crippen molar-refractivity contribution in [1.82, 2.24) is 4.90 Å². The van der Waals surface area contributed by atoms with Crippen molar-refractivity contribution in [3.05, 3.63) is 58.5 Å². The number of benzene rings is 1. The van der Waals surface area contributed by atoms with Crippen LogP contribution in [0.4, 0.5) is 10.1 Å². The van der Waals surface area contributed by atoms with Gasteiger partial charge in [0.05, 0.1) is 18.7 Å². The second-order valence-electron chi connectivity index (χ2n) is 7.56. The van der Waals surface area contributed by atoms with Crippen molar-refractivity contribution >= 4 is 29.3 Å². The SMILES string of the molecule is CC(C)N1CC(=C2C=CCN=C2)C=C(c2cc(F)c3c(c2)CC(=O)N3C)C1=O. The number of hydrogen-bond acceptors (Lipinski definition) is 3. The lowest BCUT2D eigenvalue weighted by atomic mass is 9.92. The smallest absolute Gasteiger partial charge is 0.255 e. The fraction of sp³-hybridized carbons (Fsp3) is 0.318. The molecule has 3 aliphatic rings. The molecule has 5 nitrogen and oxygen atoms in total. The number of likely N-dealkylation sites (N-methyl/N-ethyl adjacent to an activating group) is 1. The van der Waals surface area contributed by atoms with Crippen LogP contribution in [-0.2, 0) is 16.0 Å². The first-order chi connectivity index (χ1) is 13.4. The second kappa shape index (κ2) is 6.86. The van der Waals surface area contributed by atoms with Gasteiger partial charge in [0.1, 0.15) is 5.82 Å². The molecule has 3 aliphatic heterocycles. The van der Waals surface area contributed by atoms with Crippen molar-refractivity contribution in [2.45, 2.75) is 26.3 Å². The molecule has 0 unspecified atom stereocenters. The normalized spacial score (nSPS) is 21.7. The van der Waals surface area contributed by atoms with Crippen molar-refractivity contribution in [3.8, 4) is 0 Å². The number of hydrogen-bond donors (Lipinski definition) is 0. The lowest BCUT2D eigenvalue weighted by Crippen LogP contribution is -2.41. The molecule has 0 spiro atoms. The zero-order valence-electron chi connectivity index (χ0n) is 16.2. The van der Waals surface area contributed by atoms with E-state index in [2.05, 4.69) is 4.99 Å². The van der Waals surface area contributed by atoms with E-state index < -0.39 is 5.82 Å². The quantitative estimate of drug-likeness (QED) is 0.793. The van der Waals surface area contributed by atoms with Crippen LogP contribution in [-0.4, -0.2) is 49.1 Å². The molecule has 0 saturated carbocycles. The number of halogens is 1. The maximum Gasteiger partial charge on any atom is 0.255 e. The summed E-state index contributed by atoms with van der Waals surface area (Å²) in [5.74, 6) is -0.761. The third-order valence-electron chi connectivity index (χ3n) is 5.39. The number of carbonyl (C=O) groups excluding carboxylic acids is 2. The predicted molar refractivity (Wildman–Crippen MR) is 108 cm³/mol. The topological polar surface area (TPSA) is 53.0 Å². The van der Waals surface area contributed by atoms with E-state index >= 15 is 0 Å². The summed E-state index contributed by atoms with van der Waals surface area (Å²) in [5.41, 5.74) is 3.80. The van der Waals surface area contributed by atoms with E-state index in [1.807, 2.05) is 38.3 Å². The average molecular weight is 379 g/mol. The van der Waals surface area contributed by atoms with E-state index in [-0.39, 0.29) is 24.3 Å². The molecule has 0 radical (unpaired) electrons. The number of anilines is 1. The van der Waals surface area contributed by atoms with Crippen LogP contribution in [0.3, 0.4) is 0 Å². The average Bonchev–Trinajstić information content (AvgIpc) is 2.96. The minimum absolute atomic E-state index is 0.00305. The molecule has 3 heterocycles. The zero-order chi connectivity index (χ0) is 20.0. The van der Waals surface area contributed by atoms with Gasteiger partial charge in [-0.3, -0.25) is 14.6 Å². The first kappa shape index (κ1) is 18.3. The second-order valence-corrected chi connectivity index (χ2v) is 7.56. The van der Waals surface area contributed by atoms with E-state index in [9.17, 15) is 14.0 Å². The summed E-state index contributed by atoms with van der Waals surface area (Å²) in [6.07, 6.45) is 7.77. The molecule has 6 heteroatoms. The van der Waals surface area contributed by atoms with Crippen molar-refractivity contribution in [1.29, 1.82) is 0 Å². The first-order valence-electron chi connectivity index (χ1n) is 9.38. The van der Waals surface area contributed by atoms with Gasteiger partial charge < -0.3 is 9.80 Å². The van der Waals surface area contributed by atoms with E-state index in [0.29, 0.717) is 35.5 Å². The molecular weight excluding hydrogens is 357 g/mol. The van der Waals surface area contributed by atoms with Crippen LogP contribution in [0.1, 0.15) is 25.0 Å². The third kappa shape index (κ3) is 2.99. The van der Waals surface area contributed by atoms with E-state index in [4.69, 9.17) is 0 Å². The molecule has 0 bridgehead atoms. The molecule has 1 aromatic rings. The van der Waals surface area contributed by atoms with Gasteiger partial charge in [0.2, 0.25) is 5.91 Å². The Kier molecular flexibility index (Phi) is 4.49. The van der Waals surface area contributed by atoms with Crippen molar-refractivity contribution in [3.63, 3.8) is 0 Å². The summed E-state index contributed by atoms with van der Waals surface area (Å²) in [6.45, 7) is 5.06. The van der Waals surface area contributed by atoms with Gasteiger partial charge in [-0.15, -0.1) is 0 Å². The minimum atomic E-state index is -0.482. The molecule has 0 fully saturated rings. The number of nitrogens with zero attached hydrogens (tertiary/aromatic N) is 3. The van der Waals surface area contributed by atoms with E-state index in [1.54, 1.807) is 18.0 Å². The van der Waals surface area contributed by atoms with Crippen LogP contribution in [0.25, 0.3) is 5.57 Å². The Labute approximate surface area is 163 Å². The molecule has 144 valence electrons. The van der Waals surface area contributed by atoms with Crippen LogP contribution >= 0.6 is 0 Å². The van der Waals surface area contributed by atoms with Gasteiger partial charge in [-0.25, -0.2) is 4.39 Å². The molecule has 0 aliphatic carbocycles. The van der Waals surface area contributed by atoms with Gasteiger partial charge in [-0.1, -0.05) is 12.2 Å². The Morgan fingerprint density at radius 1 is 1.21 bits per heavy atom. The van der Waals surface area contributed by atoms with Crippen molar-refractivity contribution in [2.75, 3.05) is 25.0 Å². The standard InChI is InChI=1S/C22H22FN3O2/c1-13(2)26-12-17(14-5-4-6-24-11-14)8-18(22(26)28)15-7-16-10-20(27)25(3)21(16)19(23)9-15/h4-5,7-9,11,13H,6,10,12H2,1-3H3. The highest BCUT2D eigenvalue weighted by molar-refractivity contribution is 6.21. The van der Waals surface area contributed by atoms with Gasteiger partial charge >= 0.3 is 0 Å². The molecule has 1 aromatic carbocycles. The lowest BCUT2D eigenvalue weighted by Gasteiger charge is -2.33. The van der Waals surface area contributed by atoms with Gasteiger partial charge in [0.15, 0.2) is 0 Å². The van der Waals surface area contributed by atoms with Gasteiger partial charge in [-0.2, -0.15) is 0 Å². The third-order valence-corrected chi connectivity index (χ3v) is 5.39. The molecule has 0 N–H and O–H groups in total. The number of rotatable bonds is 2. The Morgan fingerprint density at radius 2 is 2.00 bits per heavy atom. The molecule has 0 aromatic heterocycles. The highest BCUT2D eigenvalue weighted by atomic mass is 19.1. The lowest BCUT2D eigenvalue weighted by molar-refractivity contribution is -0.126. The number of fused-ring (bicyclic) bond motifs is 1. The number of aliphatic imine (C=N–C) groups is 1. The summed E-state index contributed by atoms with van der Waals surface area (Å²) in [5, 5.41) is 0. The molecule has 2 amide bonds. The van der Waals surface area contributed by atoms with Crippen LogP contribution in [0.15, 0.2) is 46.5 Å². The summed E-state index contributed by atoms with van der Waals surface area (Å²) >= 11 is 0. The molecule has 28 heavy (non-hydrogen) atoms. The number of amides is 2. The van der Waals surface area contributed by atoms with Crippen LogP contribution < -0.4 is 4.90 Å². The Hall–Kier alpha value is -3.02. The number of dihydropyridines is 1. The zero-order valence-corrected chi connectivity index (χ0v) is 16.2. The number of allylic oxidation sites excluding steroid dienone is 2. The molecular formula is C22H22FN3O2. The highest BCUT2D eigenvalue weighted by Crippen LogP contribution is 2.36. The molecule has 0 atom stereocenters. The van der Waals surface area contributed by atoms with Crippen LogP contribution in [0.2, 0.25) is 0 Å². The largest absolute Gasteiger partial charge is 0.332 e. The summed E-state index contributed by atoms with van der Waals surface area (Å²) in [4.78, 5) is 32.5. The van der Waals surface area contributed by atoms with Crippen LogP contribution in [0, 0.1) is 5.82 Å². The van der Waals surface area contributed by atoms with E-state index in [1.165, 1.54) is 11.0 Å². The summed E-state index contributed by atoms with van der Waals surface area (Å²) in [7, 11) is 1.57. The van der Waals surface area contributed by atoms with Crippen molar-refractivity contribution < 1.29 is 14.0 Å². The first-order valence-corrected chi connectivity index (χ1v) is 9.38. The van der Waals surface area contributed by atoms with E-state index in [0.717, 1.165) is 11.1 Å². The van der Waals surface area contributed by atoms with Gasteiger partial charge in [-0.05, 0) is 54.3 Å². The number of carbonyl (C=O) groups is 2. The Bertz CT molecular complexity index is 987. The fourth-order valence-electron chi connectivity index (χ4n) is 3.84. The maximum atomic E-state index is 14.8. The highest BCUT2D eigenvalue weighted by Gasteiger charge is 2.32. The van der Waals surface area contributed by atoms with Gasteiger partial charge in [0.25, 0.3) is 5.91 Å². The monoisotopic (exact) mass is 379 g/mol. The Balaban J connectivity index is 1.85. The Morgan fingerprint density at radius 3 is 2.68 bits per heavy atom. The predicted octanol–water partition coefficient (Wildman–Crippen LogP) is 2.92. The maximum absolute atomic E-state index is 14.8. The molecule has 4 rings (SSSR count). The minimum Gasteiger partial charge on any atom is -0.332 e.